The summed E-state index contributed by atoms with van der Waals surface area (Å²) in [7, 11) is 5.88. The molecule has 0 aliphatic rings. The molecule has 0 amide bonds. The average Bonchev–Trinajstić information content (AvgIpc) is 3.05. The van der Waals surface area contributed by atoms with E-state index in [-0.39, 0.29) is 0 Å². The van der Waals surface area contributed by atoms with E-state index in [4.69, 9.17) is 0 Å². The van der Waals surface area contributed by atoms with Gasteiger partial charge in [-0.1, -0.05) is 0 Å². The van der Waals surface area contributed by atoms with Crippen LogP contribution in [0.3, 0.4) is 0 Å². The number of H-pyrrole nitrogens is 2. The molecule has 6 nitrogen and oxygen atoms in total. The Labute approximate surface area is 107 Å². The zero-order chi connectivity index (χ0) is 13.2. The number of aromatic amines is 2. The van der Waals surface area contributed by atoms with Crippen LogP contribution in [-0.4, -0.2) is 19.5 Å². The second kappa shape index (κ2) is 7.83. The van der Waals surface area contributed by atoms with E-state index in [1.165, 1.54) is 0 Å². The van der Waals surface area contributed by atoms with Gasteiger partial charge in [0.25, 0.3) is 0 Å². The van der Waals surface area contributed by atoms with Crippen molar-refractivity contribution in [1.82, 2.24) is 19.5 Å². The van der Waals surface area contributed by atoms with E-state index in [1.54, 1.807) is 12.5 Å². The topological polar surface area (TPSA) is 57.2 Å². The van der Waals surface area contributed by atoms with E-state index in [1.807, 2.05) is 78.5 Å². The zero-order valence-electron chi connectivity index (χ0n) is 11.0. The van der Waals surface area contributed by atoms with E-state index in [0.717, 1.165) is 0 Å². The molecule has 0 aromatic carbocycles. The van der Waals surface area contributed by atoms with Gasteiger partial charge in [0.15, 0.2) is 0 Å². The Hall–Kier alpha value is -2.37. The molecule has 6 heteroatoms. The lowest BCUT2D eigenvalue weighted by Crippen LogP contribution is -2.22. The van der Waals surface area contributed by atoms with E-state index >= 15 is 0 Å². The Bertz CT molecular complexity index is 404. The standard InChI is InChI=1S/3C4H6N2/c3*1-6-3-2-5-4-6/h3*2-4H,1H3/p+2. The third kappa shape index (κ3) is 6.26. The molecule has 0 spiro atoms. The smallest absolute Gasteiger partial charge is 0.241 e. The first kappa shape index (κ1) is 13.7. The molecule has 3 rings (SSSR count). The maximum Gasteiger partial charge on any atom is 0.241 e. The van der Waals surface area contributed by atoms with Crippen molar-refractivity contribution in [2.24, 2.45) is 21.1 Å². The molecule has 0 atom stereocenters. The fraction of sp³-hybridized carbons (Fsp3) is 0.250. The highest BCUT2D eigenvalue weighted by Crippen LogP contribution is 1.73. The summed E-state index contributed by atoms with van der Waals surface area (Å²) >= 11 is 0. The number of rotatable bonds is 0. The fourth-order valence-electron chi connectivity index (χ4n) is 1.05. The fourth-order valence-corrected chi connectivity index (χ4v) is 1.05. The van der Waals surface area contributed by atoms with Gasteiger partial charge in [-0.3, -0.25) is 9.97 Å². The number of aryl methyl sites for hydroxylation is 3. The van der Waals surface area contributed by atoms with Crippen molar-refractivity contribution in [2.45, 2.75) is 0 Å². The second-order valence-electron chi connectivity index (χ2n) is 3.78. The summed E-state index contributed by atoms with van der Waals surface area (Å²) in [5, 5.41) is 0. The molecule has 0 saturated heterocycles. The van der Waals surface area contributed by atoms with Crippen LogP contribution in [0, 0.1) is 0 Å². The van der Waals surface area contributed by atoms with Gasteiger partial charge in [-0.25, -0.2) is 14.1 Å². The van der Waals surface area contributed by atoms with Crippen LogP contribution in [0.2, 0.25) is 0 Å². The van der Waals surface area contributed by atoms with Gasteiger partial charge < -0.3 is 4.57 Å². The van der Waals surface area contributed by atoms with Crippen LogP contribution in [0.15, 0.2) is 56.2 Å². The highest BCUT2D eigenvalue weighted by atomic mass is 15.0. The average molecular weight is 248 g/mol. The SMILES string of the molecule is C[n+]1cc[nH]c1.C[n+]1cc[nH]c1.Cn1ccnc1. The molecule has 3 aromatic rings. The van der Waals surface area contributed by atoms with E-state index in [9.17, 15) is 0 Å². The Morgan fingerprint density at radius 3 is 1.67 bits per heavy atom. The molecule has 0 radical (unpaired) electrons. The third-order valence-electron chi connectivity index (χ3n) is 2.00. The molecule has 0 bridgehead atoms. The maximum absolute atomic E-state index is 3.78. The van der Waals surface area contributed by atoms with Gasteiger partial charge in [-0.2, -0.15) is 0 Å². The first-order valence-corrected chi connectivity index (χ1v) is 5.56. The number of aromatic nitrogens is 6. The van der Waals surface area contributed by atoms with Gasteiger partial charge in [0, 0.05) is 19.4 Å². The van der Waals surface area contributed by atoms with Gasteiger partial charge in [0.1, 0.15) is 24.8 Å². The number of nitrogens with zero attached hydrogens (tertiary/aromatic N) is 4. The molecular weight excluding hydrogens is 228 g/mol. The Morgan fingerprint density at radius 1 is 1.00 bits per heavy atom. The predicted molar refractivity (Wildman–Crippen MR) is 67.1 cm³/mol. The summed E-state index contributed by atoms with van der Waals surface area (Å²) in [6, 6.07) is 0. The molecule has 3 heterocycles. The molecule has 0 fully saturated rings. The van der Waals surface area contributed by atoms with Crippen molar-refractivity contribution in [1.29, 1.82) is 0 Å². The van der Waals surface area contributed by atoms with Gasteiger partial charge in [-0.15, -0.1) is 0 Å². The van der Waals surface area contributed by atoms with Gasteiger partial charge in [-0.05, 0) is 0 Å². The molecule has 2 N–H and O–H groups in total. The van der Waals surface area contributed by atoms with Crippen molar-refractivity contribution in [3.63, 3.8) is 0 Å². The van der Waals surface area contributed by atoms with Crippen LogP contribution in [0.4, 0.5) is 0 Å². The number of imidazole rings is 3. The number of nitrogens with one attached hydrogen (secondary N) is 2. The van der Waals surface area contributed by atoms with Crippen molar-refractivity contribution >= 4 is 0 Å². The third-order valence-corrected chi connectivity index (χ3v) is 2.00. The summed E-state index contributed by atoms with van der Waals surface area (Å²) in [5.74, 6) is 0. The summed E-state index contributed by atoms with van der Waals surface area (Å²) in [5.41, 5.74) is 0. The minimum atomic E-state index is 1.75. The minimum absolute atomic E-state index is 1.75. The largest absolute Gasteiger partial charge is 0.341 e. The highest BCUT2D eigenvalue weighted by molar-refractivity contribution is 4.70. The minimum Gasteiger partial charge on any atom is -0.341 e. The molecular formula is C12H20N6+2. The van der Waals surface area contributed by atoms with Gasteiger partial charge in [0.05, 0.1) is 20.4 Å². The lowest BCUT2D eigenvalue weighted by Gasteiger charge is -1.76. The van der Waals surface area contributed by atoms with Gasteiger partial charge in [0.2, 0.25) is 12.7 Å². The highest BCUT2D eigenvalue weighted by Gasteiger charge is 1.79. The van der Waals surface area contributed by atoms with E-state index < -0.39 is 0 Å². The molecule has 96 valence electrons. The monoisotopic (exact) mass is 248 g/mol. The Kier molecular flexibility index (Phi) is 5.96. The quantitative estimate of drug-likeness (QED) is 0.545. The summed E-state index contributed by atoms with van der Waals surface area (Å²) in [6.07, 6.45) is 16.8. The van der Waals surface area contributed by atoms with Crippen LogP contribution in [0.1, 0.15) is 0 Å². The van der Waals surface area contributed by atoms with Crippen molar-refractivity contribution in [2.75, 3.05) is 0 Å². The van der Waals surface area contributed by atoms with Crippen molar-refractivity contribution in [3.8, 4) is 0 Å². The van der Waals surface area contributed by atoms with Crippen LogP contribution >= 0.6 is 0 Å². The molecule has 0 saturated carbocycles. The van der Waals surface area contributed by atoms with Crippen molar-refractivity contribution < 1.29 is 9.13 Å². The number of hydrogen-bond donors (Lipinski definition) is 2. The molecule has 0 unspecified atom stereocenters. The summed E-state index contributed by atoms with van der Waals surface area (Å²) in [4.78, 5) is 9.57. The van der Waals surface area contributed by atoms with E-state index in [0.29, 0.717) is 0 Å². The number of hydrogen-bond acceptors (Lipinski definition) is 1. The Balaban J connectivity index is 0.000000135. The first-order valence-electron chi connectivity index (χ1n) is 5.56. The second-order valence-corrected chi connectivity index (χ2v) is 3.78. The first-order chi connectivity index (χ1) is 8.68. The Morgan fingerprint density at radius 2 is 1.56 bits per heavy atom. The normalized spacial score (nSPS) is 8.83. The van der Waals surface area contributed by atoms with Crippen LogP contribution in [-0.2, 0) is 21.1 Å². The molecule has 3 aromatic heterocycles. The summed E-state index contributed by atoms with van der Waals surface area (Å²) < 4.78 is 5.78. The van der Waals surface area contributed by atoms with Crippen molar-refractivity contribution in [3.05, 3.63) is 56.2 Å². The van der Waals surface area contributed by atoms with Crippen LogP contribution < -0.4 is 9.13 Å². The zero-order valence-corrected chi connectivity index (χ0v) is 11.0. The maximum atomic E-state index is 3.78. The lowest BCUT2D eigenvalue weighted by molar-refractivity contribution is -0.670. The molecule has 18 heavy (non-hydrogen) atoms. The van der Waals surface area contributed by atoms with Gasteiger partial charge >= 0.3 is 0 Å². The summed E-state index contributed by atoms with van der Waals surface area (Å²) in [6.45, 7) is 0. The van der Waals surface area contributed by atoms with Crippen LogP contribution in [0.5, 0.6) is 0 Å². The molecule has 0 aliphatic heterocycles. The molecule has 0 aliphatic carbocycles. The van der Waals surface area contributed by atoms with Crippen LogP contribution in [0.25, 0.3) is 0 Å². The van der Waals surface area contributed by atoms with E-state index in [2.05, 4.69) is 15.0 Å². The lowest BCUT2D eigenvalue weighted by atomic mass is 10.9. The predicted octanol–water partition coefficient (Wildman–Crippen LogP) is 0.0985.